The largest absolute Gasteiger partial charge is 0.505 e. The Kier molecular flexibility index (Phi) is 13.6. The van der Waals surface area contributed by atoms with Gasteiger partial charge in [-0.2, -0.15) is 10.5 Å². The quantitative estimate of drug-likeness (QED) is 0.486. The lowest BCUT2D eigenvalue weighted by Crippen LogP contribution is -2.00. The van der Waals surface area contributed by atoms with Gasteiger partial charge in [-0.1, -0.05) is 0 Å². The van der Waals surface area contributed by atoms with Gasteiger partial charge in [0.2, 0.25) is 0 Å². The molecule has 0 heterocycles. The van der Waals surface area contributed by atoms with Crippen LogP contribution >= 0.6 is 0 Å². The van der Waals surface area contributed by atoms with Gasteiger partial charge in [-0.15, -0.1) is 0 Å². The standard InChI is InChI=1S/C4H5NO3.C3H6N2/c5-2-1-3-8-4(6)7;4-2-1-3-5/h1,3H2,(H,6,7);1-2,4H2. The molecule has 0 aromatic heterocycles. The molecule has 72 valence electrons. The molecule has 0 aromatic carbocycles. The van der Waals surface area contributed by atoms with Crippen LogP contribution in [-0.2, 0) is 4.74 Å². The average Bonchev–Trinajstić information content (AvgIpc) is 2.07. The maximum Gasteiger partial charge on any atom is 0.505 e. The summed E-state index contributed by atoms with van der Waals surface area (Å²) in [5, 5.41) is 23.4. The number of carbonyl (C=O) groups is 1. The number of carboxylic acid groups (broad SMARTS) is 1. The van der Waals surface area contributed by atoms with Crippen LogP contribution in [0.2, 0.25) is 0 Å². The minimum absolute atomic E-state index is 0.0359. The maximum atomic E-state index is 9.54. The first kappa shape index (κ1) is 13.8. The summed E-state index contributed by atoms with van der Waals surface area (Å²) in [6.07, 6.45) is -0.744. The Bertz CT molecular complexity index is 204. The zero-order valence-corrected chi connectivity index (χ0v) is 7.06. The first-order chi connectivity index (χ1) is 6.18. The number of nitriles is 2. The smallest absolute Gasteiger partial charge is 0.450 e. The Morgan fingerprint density at radius 3 is 2.15 bits per heavy atom. The van der Waals surface area contributed by atoms with Gasteiger partial charge < -0.3 is 15.6 Å². The van der Waals surface area contributed by atoms with E-state index in [-0.39, 0.29) is 13.0 Å². The van der Waals surface area contributed by atoms with Crippen molar-refractivity contribution in [1.29, 1.82) is 10.5 Å². The molecule has 0 radical (unpaired) electrons. The van der Waals surface area contributed by atoms with Crippen LogP contribution in [-0.4, -0.2) is 24.4 Å². The summed E-state index contributed by atoms with van der Waals surface area (Å²) in [5.41, 5.74) is 4.92. The minimum Gasteiger partial charge on any atom is -0.450 e. The summed E-state index contributed by atoms with van der Waals surface area (Å²) in [4.78, 5) is 9.54. The van der Waals surface area contributed by atoms with E-state index in [9.17, 15) is 4.79 Å². The summed E-state index contributed by atoms with van der Waals surface area (Å²) < 4.78 is 3.98. The Morgan fingerprint density at radius 2 is 1.92 bits per heavy atom. The van der Waals surface area contributed by atoms with Crippen molar-refractivity contribution in [3.05, 3.63) is 0 Å². The fourth-order valence-corrected chi connectivity index (χ4v) is 0.249. The number of rotatable bonds is 3. The SMILES string of the molecule is N#CCCN.N#CCCOC(=O)O. The molecule has 0 fully saturated rings. The van der Waals surface area contributed by atoms with Crippen LogP contribution in [0.5, 0.6) is 0 Å². The van der Waals surface area contributed by atoms with E-state index in [0.29, 0.717) is 13.0 Å². The lowest BCUT2D eigenvalue weighted by molar-refractivity contribution is 0.0936. The lowest BCUT2D eigenvalue weighted by Gasteiger charge is -1.90. The van der Waals surface area contributed by atoms with Gasteiger partial charge in [-0.25, -0.2) is 4.79 Å². The molecule has 0 atom stereocenters. The molecule has 0 aliphatic heterocycles. The molecule has 0 aliphatic rings. The van der Waals surface area contributed by atoms with Gasteiger partial charge in [0.1, 0.15) is 6.61 Å². The van der Waals surface area contributed by atoms with Crippen LogP contribution in [0, 0.1) is 22.7 Å². The van der Waals surface area contributed by atoms with Crippen molar-refractivity contribution >= 4 is 6.16 Å². The molecular formula is C7H11N3O3. The highest BCUT2D eigenvalue weighted by molar-refractivity contribution is 5.56. The summed E-state index contributed by atoms with van der Waals surface area (Å²) >= 11 is 0. The van der Waals surface area contributed by atoms with Crippen molar-refractivity contribution in [1.82, 2.24) is 0 Å². The van der Waals surface area contributed by atoms with Gasteiger partial charge in [0.25, 0.3) is 0 Å². The van der Waals surface area contributed by atoms with Crippen molar-refractivity contribution in [2.24, 2.45) is 5.73 Å². The lowest BCUT2D eigenvalue weighted by atomic mass is 10.5. The molecule has 3 N–H and O–H groups in total. The molecule has 6 nitrogen and oxygen atoms in total. The van der Waals surface area contributed by atoms with Crippen molar-refractivity contribution in [3.63, 3.8) is 0 Å². The molecule has 0 aliphatic carbocycles. The maximum absolute atomic E-state index is 9.54. The fourth-order valence-electron chi connectivity index (χ4n) is 0.249. The third-order valence-electron chi connectivity index (χ3n) is 0.696. The second-order valence-corrected chi connectivity index (χ2v) is 1.72. The van der Waals surface area contributed by atoms with Crippen molar-refractivity contribution in [2.45, 2.75) is 12.8 Å². The Labute approximate surface area is 76.1 Å². The van der Waals surface area contributed by atoms with E-state index in [2.05, 4.69) is 4.74 Å². The molecule has 6 heteroatoms. The van der Waals surface area contributed by atoms with Crippen LogP contribution < -0.4 is 5.73 Å². The number of ether oxygens (including phenoxy) is 1. The zero-order valence-electron chi connectivity index (χ0n) is 7.06. The molecule has 0 rings (SSSR count). The number of nitrogens with zero attached hydrogens (tertiary/aromatic N) is 2. The monoisotopic (exact) mass is 185 g/mol. The molecule has 0 aromatic rings. The van der Waals surface area contributed by atoms with E-state index in [1.54, 1.807) is 6.07 Å². The number of nitrogens with two attached hydrogens (primary N) is 1. The van der Waals surface area contributed by atoms with Gasteiger partial charge in [-0.05, 0) is 0 Å². The van der Waals surface area contributed by atoms with Crippen molar-refractivity contribution in [2.75, 3.05) is 13.2 Å². The Hall–Kier alpha value is -1.79. The van der Waals surface area contributed by atoms with Crippen molar-refractivity contribution in [3.8, 4) is 12.1 Å². The predicted molar refractivity (Wildman–Crippen MR) is 43.5 cm³/mol. The molecule has 0 amide bonds. The normalized spacial score (nSPS) is 7.00. The van der Waals surface area contributed by atoms with Crippen LogP contribution in [0.15, 0.2) is 0 Å². The highest BCUT2D eigenvalue weighted by Crippen LogP contribution is 1.78. The molecule has 0 saturated heterocycles. The van der Waals surface area contributed by atoms with Crippen LogP contribution in [0.3, 0.4) is 0 Å². The van der Waals surface area contributed by atoms with E-state index in [0.717, 1.165) is 0 Å². The third-order valence-corrected chi connectivity index (χ3v) is 0.696. The topological polar surface area (TPSA) is 120 Å². The summed E-state index contributed by atoms with van der Waals surface area (Å²) in [6.45, 7) is 0.447. The Morgan fingerprint density at radius 1 is 1.38 bits per heavy atom. The minimum atomic E-state index is -1.33. The van der Waals surface area contributed by atoms with Gasteiger partial charge in [0.05, 0.1) is 18.6 Å². The second kappa shape index (κ2) is 12.8. The first-order valence-corrected chi connectivity index (χ1v) is 3.48. The fraction of sp³-hybridized carbons (Fsp3) is 0.571. The molecule has 0 saturated carbocycles. The number of hydrogen-bond acceptors (Lipinski definition) is 5. The molecular weight excluding hydrogens is 174 g/mol. The Balaban J connectivity index is 0. The van der Waals surface area contributed by atoms with E-state index in [1.807, 2.05) is 6.07 Å². The number of hydrogen-bond donors (Lipinski definition) is 2. The molecule has 0 spiro atoms. The van der Waals surface area contributed by atoms with Gasteiger partial charge in [0.15, 0.2) is 0 Å². The van der Waals surface area contributed by atoms with Crippen LogP contribution in [0.1, 0.15) is 12.8 Å². The van der Waals surface area contributed by atoms with Gasteiger partial charge in [-0.3, -0.25) is 0 Å². The van der Waals surface area contributed by atoms with E-state index in [4.69, 9.17) is 21.4 Å². The van der Waals surface area contributed by atoms with Gasteiger partial charge >= 0.3 is 6.16 Å². The van der Waals surface area contributed by atoms with E-state index < -0.39 is 6.16 Å². The van der Waals surface area contributed by atoms with E-state index >= 15 is 0 Å². The molecule has 0 unspecified atom stereocenters. The molecule has 0 bridgehead atoms. The second-order valence-electron chi connectivity index (χ2n) is 1.72. The average molecular weight is 185 g/mol. The summed E-state index contributed by atoms with van der Waals surface area (Å²) in [6, 6.07) is 3.63. The molecule has 13 heavy (non-hydrogen) atoms. The van der Waals surface area contributed by atoms with Crippen LogP contribution in [0.4, 0.5) is 4.79 Å². The summed E-state index contributed by atoms with van der Waals surface area (Å²) in [5.74, 6) is 0. The first-order valence-electron chi connectivity index (χ1n) is 3.48. The highest BCUT2D eigenvalue weighted by atomic mass is 16.7. The van der Waals surface area contributed by atoms with Gasteiger partial charge in [0, 0.05) is 13.0 Å². The third kappa shape index (κ3) is 25.4. The van der Waals surface area contributed by atoms with Crippen molar-refractivity contribution < 1.29 is 14.6 Å². The highest BCUT2D eigenvalue weighted by Gasteiger charge is 1.91. The predicted octanol–water partition coefficient (Wildman–Crippen LogP) is 0.453. The van der Waals surface area contributed by atoms with Crippen LogP contribution in [0.25, 0.3) is 0 Å². The zero-order chi connectivity index (χ0) is 10.5. The summed E-state index contributed by atoms with van der Waals surface area (Å²) in [7, 11) is 0. The van der Waals surface area contributed by atoms with E-state index in [1.165, 1.54) is 0 Å².